The number of carbonyl (C=O) groups is 2. The minimum Gasteiger partial charge on any atom is -0.481 e. The van der Waals surface area contributed by atoms with Gasteiger partial charge in [-0.3, -0.25) is 9.59 Å². The van der Waals surface area contributed by atoms with Gasteiger partial charge in [0.2, 0.25) is 0 Å². The summed E-state index contributed by atoms with van der Waals surface area (Å²) in [5.74, 6) is -0.961. The molecule has 0 atom stereocenters. The van der Waals surface area contributed by atoms with E-state index >= 15 is 0 Å². The first kappa shape index (κ1) is 25.3. The Balaban J connectivity index is 1.61. The highest BCUT2D eigenvalue weighted by molar-refractivity contribution is 6.37. The molecule has 186 valence electrons. The lowest BCUT2D eigenvalue weighted by Crippen LogP contribution is -2.39. The quantitative estimate of drug-likeness (QED) is 0.488. The van der Waals surface area contributed by atoms with Crippen molar-refractivity contribution in [2.45, 2.75) is 32.6 Å². The first-order chi connectivity index (χ1) is 16.6. The molecule has 0 bridgehead atoms. The largest absolute Gasteiger partial charge is 0.481 e. The number of carbonyl (C=O) groups excluding carboxylic acids is 1. The van der Waals surface area contributed by atoms with Crippen molar-refractivity contribution in [2.24, 2.45) is 13.0 Å². The van der Waals surface area contributed by atoms with E-state index in [1.165, 1.54) is 11.8 Å². The monoisotopic (exact) mass is 516 g/mol. The van der Waals surface area contributed by atoms with Gasteiger partial charge in [-0.1, -0.05) is 23.2 Å². The Morgan fingerprint density at radius 3 is 2.49 bits per heavy atom. The fraction of sp³-hybridized carbons (Fsp3) is 0.423. The molecular formula is C26H30Cl2N4O3. The third kappa shape index (κ3) is 5.11. The maximum absolute atomic E-state index is 13.2. The highest BCUT2D eigenvalue weighted by Crippen LogP contribution is 2.33. The van der Waals surface area contributed by atoms with Crippen LogP contribution in [0.3, 0.4) is 0 Å². The molecule has 1 aliphatic heterocycles. The molecule has 7 nitrogen and oxygen atoms in total. The number of halogens is 2. The number of carboxylic acids is 1. The number of carboxylic acid groups (broad SMARTS) is 1. The van der Waals surface area contributed by atoms with E-state index in [1.807, 2.05) is 21.1 Å². The molecule has 0 saturated carbocycles. The Labute approximate surface area is 215 Å². The molecule has 1 aliphatic rings. The number of pyridine rings is 1. The van der Waals surface area contributed by atoms with Crippen molar-refractivity contribution in [3.8, 4) is 0 Å². The van der Waals surface area contributed by atoms with Crippen LogP contribution in [0.2, 0.25) is 10.0 Å². The van der Waals surface area contributed by atoms with E-state index in [9.17, 15) is 9.59 Å². The van der Waals surface area contributed by atoms with E-state index in [4.69, 9.17) is 28.3 Å². The maximum Gasteiger partial charge on any atom is 0.303 e. The van der Waals surface area contributed by atoms with E-state index in [2.05, 4.69) is 39.6 Å². The lowest BCUT2D eigenvalue weighted by atomic mass is 9.93. The zero-order valence-corrected chi connectivity index (χ0v) is 21.9. The Morgan fingerprint density at radius 1 is 1.17 bits per heavy atom. The molecule has 3 heterocycles. The minimum atomic E-state index is -0.803. The number of aryl methyl sites for hydroxylation is 2. The Bertz CT molecular complexity index is 1290. The Morgan fingerprint density at radius 2 is 1.86 bits per heavy atom. The molecular weight excluding hydrogens is 487 g/mol. The predicted molar refractivity (Wildman–Crippen MR) is 140 cm³/mol. The summed E-state index contributed by atoms with van der Waals surface area (Å²) in [6, 6.07) is 6.46. The van der Waals surface area contributed by atoms with Gasteiger partial charge in [0.05, 0.1) is 15.6 Å². The van der Waals surface area contributed by atoms with Crippen LogP contribution in [-0.2, 0) is 18.3 Å². The predicted octanol–water partition coefficient (Wildman–Crippen LogP) is 5.17. The van der Waals surface area contributed by atoms with Crippen molar-refractivity contribution in [1.29, 1.82) is 0 Å². The van der Waals surface area contributed by atoms with Crippen LogP contribution in [0.4, 0.5) is 5.69 Å². The van der Waals surface area contributed by atoms with E-state index in [1.54, 1.807) is 4.90 Å². The number of amides is 1. The summed E-state index contributed by atoms with van der Waals surface area (Å²) in [7, 11) is 6.06. The Kier molecular flexibility index (Phi) is 7.29. The standard InChI is InChI=1S/C26H30Cl2N4O3/c1-15-9-17(30(2)3)13-22-19(15)11-18(31(22)4)12-20-21(27)14-29-25(24(20)28)26(35)32-7-5-16(6-8-32)10-23(33)34/h9,11,13-14,16H,5-8,10,12H2,1-4H3,(H,33,34). The summed E-state index contributed by atoms with van der Waals surface area (Å²) in [6.07, 6.45) is 3.39. The number of likely N-dealkylation sites (tertiary alicyclic amines) is 1. The van der Waals surface area contributed by atoms with Crippen LogP contribution in [0.5, 0.6) is 0 Å². The second-order valence-corrected chi connectivity index (χ2v) is 10.3. The number of anilines is 1. The van der Waals surface area contributed by atoms with Crippen molar-refractivity contribution >= 4 is 51.7 Å². The maximum atomic E-state index is 13.2. The van der Waals surface area contributed by atoms with Gasteiger partial charge in [-0.25, -0.2) is 4.98 Å². The third-order valence-electron chi connectivity index (χ3n) is 6.96. The van der Waals surface area contributed by atoms with E-state index in [-0.39, 0.29) is 29.0 Å². The molecule has 0 aliphatic carbocycles. The Hall–Kier alpha value is -2.77. The molecule has 35 heavy (non-hydrogen) atoms. The number of hydrogen-bond donors (Lipinski definition) is 1. The van der Waals surface area contributed by atoms with E-state index in [0.717, 1.165) is 22.3 Å². The molecule has 1 saturated heterocycles. The summed E-state index contributed by atoms with van der Waals surface area (Å²) < 4.78 is 2.14. The van der Waals surface area contributed by atoms with E-state index < -0.39 is 5.97 Å². The molecule has 0 radical (unpaired) electrons. The number of piperidine rings is 1. The molecule has 1 fully saturated rings. The van der Waals surface area contributed by atoms with Crippen molar-refractivity contribution in [2.75, 3.05) is 32.1 Å². The summed E-state index contributed by atoms with van der Waals surface area (Å²) in [6.45, 7) is 3.08. The number of fused-ring (bicyclic) bond motifs is 1. The number of aliphatic carboxylic acids is 1. The highest BCUT2D eigenvalue weighted by atomic mass is 35.5. The highest BCUT2D eigenvalue weighted by Gasteiger charge is 2.28. The lowest BCUT2D eigenvalue weighted by molar-refractivity contribution is -0.138. The molecule has 0 unspecified atom stereocenters. The second-order valence-electron chi connectivity index (χ2n) is 9.54. The number of nitrogens with zero attached hydrogens (tertiary/aromatic N) is 4. The molecule has 3 aromatic rings. The van der Waals surface area contributed by atoms with Crippen molar-refractivity contribution in [1.82, 2.24) is 14.5 Å². The zero-order chi connectivity index (χ0) is 25.4. The number of hydrogen-bond acceptors (Lipinski definition) is 4. The summed E-state index contributed by atoms with van der Waals surface area (Å²) >= 11 is 13.3. The third-order valence-corrected chi connectivity index (χ3v) is 7.70. The van der Waals surface area contributed by atoms with Gasteiger partial charge in [0.25, 0.3) is 5.91 Å². The number of aromatic nitrogens is 2. The van der Waals surface area contributed by atoms with Gasteiger partial charge in [-0.2, -0.15) is 0 Å². The molecule has 1 aromatic carbocycles. The SMILES string of the molecule is Cc1cc(N(C)C)cc2c1cc(Cc1c(Cl)cnc(C(=O)N3CCC(CC(=O)O)CC3)c1Cl)n2C. The van der Waals surface area contributed by atoms with Gasteiger partial charge in [-0.15, -0.1) is 0 Å². The fourth-order valence-electron chi connectivity index (χ4n) is 4.81. The fourth-order valence-corrected chi connectivity index (χ4v) is 5.36. The van der Waals surface area contributed by atoms with Crippen LogP contribution in [0.15, 0.2) is 24.4 Å². The second kappa shape index (κ2) is 10.1. The molecule has 2 aromatic heterocycles. The molecule has 1 N–H and O–H groups in total. The van der Waals surface area contributed by atoms with Crippen LogP contribution in [0, 0.1) is 12.8 Å². The van der Waals surface area contributed by atoms with Gasteiger partial charge in [-0.05, 0) is 55.0 Å². The average molecular weight is 517 g/mol. The normalized spacial score (nSPS) is 14.5. The minimum absolute atomic E-state index is 0.0868. The summed E-state index contributed by atoms with van der Waals surface area (Å²) in [5.41, 5.74) is 5.31. The first-order valence-electron chi connectivity index (χ1n) is 11.7. The van der Waals surface area contributed by atoms with Crippen LogP contribution in [-0.4, -0.2) is 58.6 Å². The summed E-state index contributed by atoms with van der Waals surface area (Å²) in [5, 5.41) is 10.9. The summed E-state index contributed by atoms with van der Waals surface area (Å²) in [4.78, 5) is 32.3. The van der Waals surface area contributed by atoms with Crippen LogP contribution in [0.1, 0.15) is 46.6 Å². The lowest BCUT2D eigenvalue weighted by Gasteiger charge is -2.31. The van der Waals surface area contributed by atoms with Gasteiger partial charge >= 0.3 is 5.97 Å². The average Bonchev–Trinajstić information content (AvgIpc) is 3.12. The first-order valence-corrected chi connectivity index (χ1v) is 12.4. The van der Waals surface area contributed by atoms with Crippen molar-refractivity contribution < 1.29 is 14.7 Å². The van der Waals surface area contributed by atoms with Gasteiger partial charge in [0.15, 0.2) is 0 Å². The topological polar surface area (TPSA) is 78.7 Å². The number of benzene rings is 1. The molecule has 0 spiro atoms. The van der Waals surface area contributed by atoms with Crippen LogP contribution < -0.4 is 4.90 Å². The van der Waals surface area contributed by atoms with Gasteiger partial charge in [0, 0.05) is 70.0 Å². The molecule has 4 rings (SSSR count). The van der Waals surface area contributed by atoms with Crippen LogP contribution >= 0.6 is 23.2 Å². The smallest absolute Gasteiger partial charge is 0.303 e. The van der Waals surface area contributed by atoms with Crippen LogP contribution in [0.25, 0.3) is 10.9 Å². The molecule has 9 heteroatoms. The number of rotatable bonds is 6. The van der Waals surface area contributed by atoms with Gasteiger partial charge < -0.3 is 19.5 Å². The zero-order valence-electron chi connectivity index (χ0n) is 20.4. The van der Waals surface area contributed by atoms with E-state index in [0.29, 0.717) is 42.9 Å². The van der Waals surface area contributed by atoms with Crippen molar-refractivity contribution in [3.63, 3.8) is 0 Å². The van der Waals surface area contributed by atoms with Gasteiger partial charge in [0.1, 0.15) is 5.69 Å². The van der Waals surface area contributed by atoms with Crippen molar-refractivity contribution in [3.05, 3.63) is 57.0 Å². The molecule has 1 amide bonds.